The first-order valence-electron chi connectivity index (χ1n) is 6.37. The number of rotatable bonds is 4. The van der Waals surface area contributed by atoms with Crippen LogP contribution in [-0.2, 0) is 0 Å². The molecule has 1 aliphatic rings. The van der Waals surface area contributed by atoms with Gasteiger partial charge in [0.05, 0.1) is 4.47 Å². The van der Waals surface area contributed by atoms with Gasteiger partial charge in [0.15, 0.2) is 0 Å². The Kier molecular flexibility index (Phi) is 5.65. The molecule has 0 aliphatic carbocycles. The van der Waals surface area contributed by atoms with E-state index < -0.39 is 0 Å². The van der Waals surface area contributed by atoms with Crippen LogP contribution >= 0.6 is 31.9 Å². The first-order valence-corrected chi connectivity index (χ1v) is 7.95. The zero-order valence-corrected chi connectivity index (χ0v) is 13.7. The molecule has 0 radical (unpaired) electrons. The normalized spacial score (nSPS) is 18.5. The second-order valence-corrected chi connectivity index (χ2v) is 6.41. The molecule has 4 nitrogen and oxygen atoms in total. The number of nitrogens with one attached hydrogen (secondary N) is 1. The lowest BCUT2D eigenvalue weighted by Crippen LogP contribution is -2.45. The Balaban J connectivity index is 2.32. The Morgan fingerprint density at radius 2 is 1.95 bits per heavy atom. The minimum Gasteiger partial charge on any atom is -0.506 e. The Morgan fingerprint density at radius 1 is 1.26 bits per heavy atom. The van der Waals surface area contributed by atoms with E-state index in [-0.39, 0.29) is 18.4 Å². The van der Waals surface area contributed by atoms with Gasteiger partial charge >= 0.3 is 0 Å². The smallest absolute Gasteiger partial charge is 0.134 e. The molecule has 1 aromatic carbocycles. The van der Waals surface area contributed by atoms with Crippen LogP contribution in [0.3, 0.4) is 0 Å². The van der Waals surface area contributed by atoms with Gasteiger partial charge in [0.2, 0.25) is 0 Å². The zero-order valence-electron chi connectivity index (χ0n) is 10.6. The summed E-state index contributed by atoms with van der Waals surface area (Å²) in [5.41, 5.74) is 0.859. The van der Waals surface area contributed by atoms with E-state index in [1.54, 1.807) is 0 Å². The quantitative estimate of drug-likeness (QED) is 0.734. The van der Waals surface area contributed by atoms with Crippen molar-refractivity contribution in [2.24, 2.45) is 0 Å². The maximum atomic E-state index is 10.3. The fourth-order valence-corrected chi connectivity index (χ4v) is 3.75. The summed E-state index contributed by atoms with van der Waals surface area (Å²) in [6, 6.07) is 3.80. The molecule has 1 aromatic rings. The highest BCUT2D eigenvalue weighted by molar-refractivity contribution is 9.11. The van der Waals surface area contributed by atoms with E-state index in [1.807, 2.05) is 12.1 Å². The van der Waals surface area contributed by atoms with Crippen molar-refractivity contribution in [1.82, 2.24) is 10.2 Å². The first-order chi connectivity index (χ1) is 9.13. The van der Waals surface area contributed by atoms with Crippen molar-refractivity contribution < 1.29 is 10.2 Å². The summed E-state index contributed by atoms with van der Waals surface area (Å²) in [7, 11) is 0. The number of hydrogen-bond acceptors (Lipinski definition) is 4. The van der Waals surface area contributed by atoms with Crippen molar-refractivity contribution in [1.29, 1.82) is 0 Å². The van der Waals surface area contributed by atoms with Crippen LogP contribution in [0.5, 0.6) is 5.75 Å². The monoisotopic (exact) mass is 392 g/mol. The van der Waals surface area contributed by atoms with Crippen LogP contribution in [0.2, 0.25) is 0 Å². The fraction of sp³-hybridized carbons (Fsp3) is 0.538. The maximum Gasteiger partial charge on any atom is 0.134 e. The summed E-state index contributed by atoms with van der Waals surface area (Å²) >= 11 is 6.82. The predicted molar refractivity (Wildman–Crippen MR) is 82.4 cm³/mol. The van der Waals surface area contributed by atoms with Crippen LogP contribution in [0.15, 0.2) is 21.1 Å². The molecule has 0 saturated carbocycles. The van der Waals surface area contributed by atoms with Crippen LogP contribution in [-0.4, -0.2) is 47.9 Å². The van der Waals surface area contributed by atoms with Crippen LogP contribution in [0.4, 0.5) is 0 Å². The highest BCUT2D eigenvalue weighted by Gasteiger charge is 2.25. The summed E-state index contributed by atoms with van der Waals surface area (Å²) in [5.74, 6) is 0.264. The number of phenols is 1. The Labute approximate surface area is 130 Å². The molecule has 3 N–H and O–H groups in total. The molecule has 106 valence electrons. The number of hydrogen-bond donors (Lipinski definition) is 3. The molecule has 6 heteroatoms. The third-order valence-corrected chi connectivity index (χ3v) is 4.47. The van der Waals surface area contributed by atoms with E-state index in [0.29, 0.717) is 10.9 Å². The number of benzene rings is 1. The number of aliphatic hydroxyl groups is 1. The topological polar surface area (TPSA) is 55.7 Å². The summed E-state index contributed by atoms with van der Waals surface area (Å²) in [6.45, 7) is 3.84. The molecule has 0 spiro atoms. The highest BCUT2D eigenvalue weighted by Crippen LogP contribution is 2.38. The lowest BCUT2D eigenvalue weighted by Gasteiger charge is -2.35. The number of piperazine rings is 1. The second kappa shape index (κ2) is 7.04. The summed E-state index contributed by atoms with van der Waals surface area (Å²) in [5, 5.41) is 22.9. The van der Waals surface area contributed by atoms with Gasteiger partial charge < -0.3 is 15.5 Å². The molecule has 1 aliphatic heterocycles. The Bertz CT molecular complexity index is 437. The van der Waals surface area contributed by atoms with Gasteiger partial charge in [-0.3, -0.25) is 4.90 Å². The number of aromatic hydroxyl groups is 1. The summed E-state index contributed by atoms with van der Waals surface area (Å²) in [4.78, 5) is 2.31. The molecule has 0 amide bonds. The van der Waals surface area contributed by atoms with Crippen LogP contribution < -0.4 is 5.32 Å². The molecule has 0 bridgehead atoms. The van der Waals surface area contributed by atoms with Gasteiger partial charge in [-0.1, -0.05) is 15.9 Å². The molecule has 1 atom stereocenters. The number of nitrogens with zero attached hydrogens (tertiary/aromatic N) is 1. The number of halogens is 2. The van der Waals surface area contributed by atoms with Crippen molar-refractivity contribution in [2.75, 3.05) is 32.8 Å². The van der Waals surface area contributed by atoms with Crippen molar-refractivity contribution >= 4 is 31.9 Å². The van der Waals surface area contributed by atoms with Crippen LogP contribution in [0.1, 0.15) is 18.0 Å². The van der Waals surface area contributed by atoms with Gasteiger partial charge in [0.1, 0.15) is 5.75 Å². The number of aliphatic hydroxyl groups excluding tert-OH is 1. The fourth-order valence-electron chi connectivity index (χ4n) is 2.49. The maximum absolute atomic E-state index is 10.3. The van der Waals surface area contributed by atoms with Crippen molar-refractivity contribution in [2.45, 2.75) is 12.5 Å². The molecule has 1 saturated heterocycles. The molecule has 19 heavy (non-hydrogen) atoms. The molecule has 1 heterocycles. The minimum absolute atomic E-state index is 0.0425. The second-order valence-electron chi connectivity index (χ2n) is 4.64. The van der Waals surface area contributed by atoms with E-state index in [1.165, 1.54) is 0 Å². The van der Waals surface area contributed by atoms with Crippen LogP contribution in [0.25, 0.3) is 0 Å². The lowest BCUT2D eigenvalue weighted by atomic mass is 10.0. The molecule has 2 rings (SSSR count). The van der Waals surface area contributed by atoms with Gasteiger partial charge in [-0.2, -0.15) is 0 Å². The molecule has 1 fully saturated rings. The van der Waals surface area contributed by atoms with Gasteiger partial charge in [0.25, 0.3) is 0 Å². The standard InChI is InChI=1S/C13H18Br2N2O2/c14-9-7-10(13(19)11(15)8-9)12(1-6-18)17-4-2-16-3-5-17/h7-8,12,16,18-19H,1-6H2/t12-/m1/s1. The molecule has 0 aromatic heterocycles. The highest BCUT2D eigenvalue weighted by atomic mass is 79.9. The third kappa shape index (κ3) is 3.70. The van der Waals surface area contributed by atoms with E-state index in [4.69, 9.17) is 0 Å². The average molecular weight is 394 g/mol. The molecule has 0 unspecified atom stereocenters. The van der Waals surface area contributed by atoms with E-state index >= 15 is 0 Å². The predicted octanol–water partition coefficient (Wildman–Crippen LogP) is 2.25. The van der Waals surface area contributed by atoms with Gasteiger partial charge in [0, 0.05) is 48.9 Å². The lowest BCUT2D eigenvalue weighted by molar-refractivity contribution is 0.139. The summed E-state index contributed by atoms with van der Waals surface area (Å²) in [6.07, 6.45) is 0.621. The van der Waals surface area contributed by atoms with Crippen molar-refractivity contribution in [3.63, 3.8) is 0 Å². The van der Waals surface area contributed by atoms with Gasteiger partial charge in [-0.15, -0.1) is 0 Å². The minimum atomic E-state index is 0.0425. The zero-order chi connectivity index (χ0) is 13.8. The van der Waals surface area contributed by atoms with Crippen molar-refractivity contribution in [3.05, 3.63) is 26.6 Å². The van der Waals surface area contributed by atoms with Gasteiger partial charge in [-0.05, 0) is 34.5 Å². The van der Waals surface area contributed by atoms with E-state index in [9.17, 15) is 10.2 Å². The molecular weight excluding hydrogens is 376 g/mol. The van der Waals surface area contributed by atoms with E-state index in [2.05, 4.69) is 42.1 Å². The van der Waals surface area contributed by atoms with Crippen molar-refractivity contribution in [3.8, 4) is 5.75 Å². The van der Waals surface area contributed by atoms with Gasteiger partial charge in [-0.25, -0.2) is 0 Å². The Hall–Kier alpha value is -0.140. The molecular formula is C13H18Br2N2O2. The SMILES string of the molecule is OCC[C@H](c1cc(Br)cc(Br)c1O)N1CCNCC1. The Morgan fingerprint density at radius 3 is 2.58 bits per heavy atom. The average Bonchev–Trinajstić information content (AvgIpc) is 2.41. The van der Waals surface area contributed by atoms with Crippen LogP contribution in [0, 0.1) is 0 Å². The van der Waals surface area contributed by atoms with E-state index in [0.717, 1.165) is 36.2 Å². The first kappa shape index (κ1) is 15.3. The number of phenolic OH excluding ortho intramolecular Hbond substituents is 1. The largest absolute Gasteiger partial charge is 0.506 e. The summed E-state index contributed by atoms with van der Waals surface area (Å²) < 4.78 is 1.60. The third-order valence-electron chi connectivity index (χ3n) is 3.41.